The highest BCUT2D eigenvalue weighted by atomic mass is 127. The minimum absolute atomic E-state index is 0.0408. The van der Waals surface area contributed by atoms with Crippen molar-refractivity contribution in [2.24, 2.45) is 0 Å². The second kappa shape index (κ2) is 9.77. The molecule has 9 heteroatoms. The minimum Gasteiger partial charge on any atom is -0.477 e. The first-order chi connectivity index (χ1) is 14.3. The molecule has 1 heterocycles. The van der Waals surface area contributed by atoms with Gasteiger partial charge in [0.25, 0.3) is 11.8 Å². The van der Waals surface area contributed by atoms with Gasteiger partial charge in [0.1, 0.15) is 11.3 Å². The lowest BCUT2D eigenvalue weighted by Crippen LogP contribution is -2.35. The first-order valence-electron chi connectivity index (χ1n) is 9.06. The van der Waals surface area contributed by atoms with Gasteiger partial charge in [-0.25, -0.2) is 9.80 Å². The van der Waals surface area contributed by atoms with E-state index in [0.29, 0.717) is 17.0 Å². The highest BCUT2D eigenvalue weighted by Gasteiger charge is 2.34. The summed E-state index contributed by atoms with van der Waals surface area (Å²) in [5.41, 5.74) is 3.88. The summed E-state index contributed by atoms with van der Waals surface area (Å²) in [5.74, 6) is -0.783. The number of hydrogen-bond donors (Lipinski definition) is 1. The van der Waals surface area contributed by atoms with E-state index < -0.39 is 23.9 Å². The molecule has 0 spiro atoms. The lowest BCUT2D eigenvalue weighted by Gasteiger charge is -2.16. The fourth-order valence-electron chi connectivity index (χ4n) is 2.74. The average Bonchev–Trinajstić information content (AvgIpc) is 2.99. The third-order valence-corrected chi connectivity index (χ3v) is 5.75. The molecule has 0 aliphatic carbocycles. The number of esters is 1. The van der Waals surface area contributed by atoms with Crippen LogP contribution in [0.25, 0.3) is 6.08 Å². The van der Waals surface area contributed by atoms with E-state index in [0.717, 1.165) is 7.14 Å². The molecule has 30 heavy (non-hydrogen) atoms. The topological polar surface area (TPSA) is 84.9 Å². The van der Waals surface area contributed by atoms with Crippen molar-refractivity contribution in [3.05, 3.63) is 60.7 Å². The Labute approximate surface area is 201 Å². The van der Waals surface area contributed by atoms with Gasteiger partial charge in [-0.2, -0.15) is 0 Å². The Morgan fingerprint density at radius 1 is 1.17 bits per heavy atom. The third kappa shape index (κ3) is 4.94. The van der Waals surface area contributed by atoms with E-state index in [4.69, 9.17) is 9.47 Å². The van der Waals surface area contributed by atoms with Crippen molar-refractivity contribution in [1.82, 2.24) is 5.43 Å². The summed E-state index contributed by atoms with van der Waals surface area (Å²) in [6, 6.07) is 12.5. The molecule has 1 aliphatic heterocycles. The molecule has 7 nitrogen and oxygen atoms in total. The zero-order valence-corrected chi connectivity index (χ0v) is 20.5. The van der Waals surface area contributed by atoms with E-state index in [-0.39, 0.29) is 12.2 Å². The van der Waals surface area contributed by atoms with Gasteiger partial charge < -0.3 is 9.47 Å². The summed E-state index contributed by atoms with van der Waals surface area (Å²) in [4.78, 5) is 36.9. The fraction of sp³-hybridized carbons (Fsp3) is 0.190. The van der Waals surface area contributed by atoms with Crippen molar-refractivity contribution in [2.75, 3.05) is 11.6 Å². The molecule has 156 valence electrons. The monoisotopic (exact) mass is 632 g/mol. The van der Waals surface area contributed by atoms with Crippen LogP contribution in [0.1, 0.15) is 19.4 Å². The van der Waals surface area contributed by atoms with Crippen molar-refractivity contribution in [1.29, 1.82) is 0 Å². The van der Waals surface area contributed by atoms with Crippen LogP contribution in [-0.4, -0.2) is 30.5 Å². The fourth-order valence-corrected chi connectivity index (χ4v) is 4.81. The number of ether oxygens (including phenoxy) is 2. The molecule has 0 unspecified atom stereocenters. The average molecular weight is 632 g/mol. The Balaban J connectivity index is 1.85. The first kappa shape index (κ1) is 22.5. The van der Waals surface area contributed by atoms with Crippen LogP contribution >= 0.6 is 45.2 Å². The summed E-state index contributed by atoms with van der Waals surface area (Å²) in [6.45, 7) is 3.64. The Morgan fingerprint density at radius 3 is 2.40 bits per heavy atom. The number of nitrogens with zero attached hydrogens (tertiary/aromatic N) is 1. The van der Waals surface area contributed by atoms with Crippen LogP contribution in [0, 0.1) is 7.14 Å². The number of para-hydroxylation sites is 1. The van der Waals surface area contributed by atoms with E-state index in [1.165, 1.54) is 5.01 Å². The number of anilines is 1. The standard InChI is InChI=1S/C21H18I2N2O5/c1-3-29-21(28)12(2)30-18-16(22)10-13(11-17(18)23)9-15-19(26)24-25(20(15)27)14-7-5-4-6-8-14/h4-12H,3H2,1-2H3,(H,24,26)/b15-9-/t12-/m1/s1. The Kier molecular flexibility index (Phi) is 7.34. The maximum Gasteiger partial charge on any atom is 0.347 e. The summed E-state index contributed by atoms with van der Waals surface area (Å²) >= 11 is 4.19. The van der Waals surface area contributed by atoms with Crippen molar-refractivity contribution < 1.29 is 23.9 Å². The van der Waals surface area contributed by atoms with Gasteiger partial charge in [0.15, 0.2) is 6.10 Å². The van der Waals surface area contributed by atoms with Gasteiger partial charge >= 0.3 is 5.97 Å². The molecular formula is C21H18I2N2O5. The highest BCUT2D eigenvalue weighted by molar-refractivity contribution is 14.1. The van der Waals surface area contributed by atoms with Crippen LogP contribution < -0.4 is 15.2 Å². The molecule has 2 aromatic rings. The van der Waals surface area contributed by atoms with E-state index >= 15 is 0 Å². The van der Waals surface area contributed by atoms with Crippen molar-refractivity contribution >= 4 is 74.7 Å². The van der Waals surface area contributed by atoms with Crippen LogP contribution in [-0.2, 0) is 19.1 Å². The molecular weight excluding hydrogens is 614 g/mol. The molecule has 3 rings (SSSR count). The number of carbonyl (C=O) groups is 3. The van der Waals surface area contributed by atoms with Gasteiger partial charge in [-0.05, 0) is 94.9 Å². The normalized spacial score (nSPS) is 15.9. The van der Waals surface area contributed by atoms with Gasteiger partial charge in [-0.3, -0.25) is 15.0 Å². The molecule has 1 N–H and O–H groups in total. The quantitative estimate of drug-likeness (QED) is 0.228. The zero-order valence-electron chi connectivity index (χ0n) is 16.1. The highest BCUT2D eigenvalue weighted by Crippen LogP contribution is 2.31. The van der Waals surface area contributed by atoms with E-state index in [9.17, 15) is 14.4 Å². The maximum absolute atomic E-state index is 12.7. The Hall–Kier alpha value is -2.15. The number of hydrazine groups is 1. The third-order valence-electron chi connectivity index (χ3n) is 4.15. The number of rotatable bonds is 6. The van der Waals surface area contributed by atoms with Gasteiger partial charge in [0.2, 0.25) is 0 Å². The van der Waals surface area contributed by atoms with Gasteiger partial charge in [-0.15, -0.1) is 0 Å². The van der Waals surface area contributed by atoms with E-state index in [2.05, 4.69) is 50.6 Å². The molecule has 0 bridgehead atoms. The Morgan fingerprint density at radius 2 is 1.80 bits per heavy atom. The summed E-state index contributed by atoms with van der Waals surface area (Å²) in [7, 11) is 0. The minimum atomic E-state index is -0.752. The summed E-state index contributed by atoms with van der Waals surface area (Å²) < 4.78 is 12.2. The predicted octanol–water partition coefficient (Wildman–Crippen LogP) is 3.69. The van der Waals surface area contributed by atoms with Crippen LogP contribution in [0.15, 0.2) is 48.0 Å². The smallest absolute Gasteiger partial charge is 0.347 e. The number of halogens is 2. The maximum atomic E-state index is 12.7. The molecule has 1 fully saturated rings. The lowest BCUT2D eigenvalue weighted by atomic mass is 10.1. The molecule has 0 aromatic heterocycles. The number of nitrogens with one attached hydrogen (secondary N) is 1. The van der Waals surface area contributed by atoms with Gasteiger partial charge in [0, 0.05) is 0 Å². The Bertz CT molecular complexity index is 1000. The zero-order chi connectivity index (χ0) is 21.8. The lowest BCUT2D eigenvalue weighted by molar-refractivity contribution is -0.150. The molecule has 1 saturated heterocycles. The number of benzene rings is 2. The van der Waals surface area contributed by atoms with Crippen LogP contribution in [0.2, 0.25) is 0 Å². The molecule has 2 amide bonds. The summed E-state index contributed by atoms with van der Waals surface area (Å²) in [5, 5.41) is 1.22. The van der Waals surface area contributed by atoms with Crippen molar-refractivity contribution in [3.63, 3.8) is 0 Å². The number of hydrogen-bond acceptors (Lipinski definition) is 5. The van der Waals surface area contributed by atoms with Crippen molar-refractivity contribution in [3.8, 4) is 5.75 Å². The molecule has 2 aromatic carbocycles. The SMILES string of the molecule is CCOC(=O)[C@@H](C)Oc1c(I)cc(/C=C2/C(=O)NN(c3ccccc3)C2=O)cc1I. The molecule has 1 aliphatic rings. The number of amides is 2. The van der Waals surface area contributed by atoms with Crippen LogP contribution in [0.5, 0.6) is 5.75 Å². The largest absolute Gasteiger partial charge is 0.477 e. The summed E-state index contributed by atoms with van der Waals surface area (Å²) in [6.07, 6.45) is 0.793. The van der Waals surface area contributed by atoms with E-state index in [1.54, 1.807) is 56.3 Å². The van der Waals surface area contributed by atoms with Crippen LogP contribution in [0.3, 0.4) is 0 Å². The predicted molar refractivity (Wildman–Crippen MR) is 129 cm³/mol. The molecule has 0 radical (unpaired) electrons. The second-order valence-electron chi connectivity index (χ2n) is 6.30. The van der Waals surface area contributed by atoms with Crippen LogP contribution in [0.4, 0.5) is 5.69 Å². The first-order valence-corrected chi connectivity index (χ1v) is 11.2. The van der Waals surface area contributed by atoms with Gasteiger partial charge in [-0.1, -0.05) is 18.2 Å². The number of carbonyl (C=O) groups excluding carboxylic acids is 3. The molecule has 1 atom stereocenters. The van der Waals surface area contributed by atoms with Gasteiger partial charge in [0.05, 0.1) is 19.4 Å². The van der Waals surface area contributed by atoms with Crippen molar-refractivity contribution in [2.45, 2.75) is 20.0 Å². The molecule has 0 saturated carbocycles. The second-order valence-corrected chi connectivity index (χ2v) is 8.63. The van der Waals surface area contributed by atoms with E-state index in [1.807, 2.05) is 6.07 Å².